The van der Waals surface area contributed by atoms with Crippen molar-refractivity contribution in [1.29, 1.82) is 5.26 Å². The highest BCUT2D eigenvalue weighted by Crippen LogP contribution is 2.27. The van der Waals surface area contributed by atoms with Gasteiger partial charge in [0.05, 0.1) is 18.7 Å². The summed E-state index contributed by atoms with van der Waals surface area (Å²) in [5, 5.41) is 8.67. The monoisotopic (exact) mass is 243 g/mol. The minimum Gasteiger partial charge on any atom is -0.494 e. The molecule has 0 saturated heterocycles. The van der Waals surface area contributed by atoms with Crippen LogP contribution < -0.4 is 9.47 Å². The van der Waals surface area contributed by atoms with Crippen LogP contribution in [0, 0.1) is 17.1 Å². The van der Waals surface area contributed by atoms with E-state index in [0.717, 1.165) is 0 Å². The third-order valence-electron chi connectivity index (χ3n) is 2.34. The van der Waals surface area contributed by atoms with Crippen LogP contribution in [0.2, 0.25) is 0 Å². The number of nitriles is 1. The number of methoxy groups -OCH3 is 1. The van der Waals surface area contributed by atoms with Crippen LogP contribution >= 0.6 is 0 Å². The molecular weight excluding hydrogens is 233 g/mol. The Hall–Kier alpha value is -2.54. The first-order valence-corrected chi connectivity index (χ1v) is 5.24. The van der Waals surface area contributed by atoms with E-state index in [1.54, 1.807) is 24.3 Å². The molecule has 0 N–H and O–H groups in total. The molecule has 0 unspecified atom stereocenters. The number of ether oxygens (including phenoxy) is 2. The lowest BCUT2D eigenvalue weighted by molar-refractivity contribution is 0.381. The highest BCUT2D eigenvalue weighted by Gasteiger charge is 2.05. The SMILES string of the molecule is COc1cc(Oc2ccc(C#N)cc2)ccc1F. The average Bonchev–Trinajstić information content (AvgIpc) is 2.42. The van der Waals surface area contributed by atoms with Crippen molar-refractivity contribution in [2.75, 3.05) is 7.11 Å². The summed E-state index contributed by atoms with van der Waals surface area (Å²) in [6.45, 7) is 0. The molecule has 18 heavy (non-hydrogen) atoms. The molecule has 0 saturated carbocycles. The van der Waals surface area contributed by atoms with Crippen LogP contribution in [0.25, 0.3) is 0 Å². The fourth-order valence-electron chi connectivity index (χ4n) is 1.44. The van der Waals surface area contributed by atoms with E-state index in [9.17, 15) is 4.39 Å². The van der Waals surface area contributed by atoms with Crippen LogP contribution in [-0.2, 0) is 0 Å². The number of halogens is 1. The van der Waals surface area contributed by atoms with Gasteiger partial charge in [-0.3, -0.25) is 0 Å². The van der Waals surface area contributed by atoms with Crippen molar-refractivity contribution in [1.82, 2.24) is 0 Å². The van der Waals surface area contributed by atoms with E-state index in [0.29, 0.717) is 17.1 Å². The van der Waals surface area contributed by atoms with E-state index >= 15 is 0 Å². The molecule has 2 aromatic carbocycles. The van der Waals surface area contributed by atoms with Crippen molar-refractivity contribution in [3.8, 4) is 23.3 Å². The van der Waals surface area contributed by atoms with Gasteiger partial charge in [-0.2, -0.15) is 5.26 Å². The summed E-state index contributed by atoms with van der Waals surface area (Å²) in [4.78, 5) is 0. The van der Waals surface area contributed by atoms with Gasteiger partial charge in [-0.15, -0.1) is 0 Å². The van der Waals surface area contributed by atoms with Gasteiger partial charge in [-0.1, -0.05) is 0 Å². The molecule has 0 aliphatic heterocycles. The van der Waals surface area contributed by atoms with Gasteiger partial charge in [0, 0.05) is 6.07 Å². The highest BCUT2D eigenvalue weighted by atomic mass is 19.1. The van der Waals surface area contributed by atoms with Gasteiger partial charge in [-0.25, -0.2) is 4.39 Å². The molecule has 0 heterocycles. The van der Waals surface area contributed by atoms with E-state index in [4.69, 9.17) is 14.7 Å². The summed E-state index contributed by atoms with van der Waals surface area (Å²) in [5.74, 6) is 0.728. The minimum atomic E-state index is -0.440. The third kappa shape index (κ3) is 2.58. The van der Waals surface area contributed by atoms with E-state index in [1.165, 1.54) is 25.3 Å². The molecule has 0 bridgehead atoms. The average molecular weight is 243 g/mol. The second-order valence-electron chi connectivity index (χ2n) is 3.53. The quantitative estimate of drug-likeness (QED) is 0.828. The molecule has 0 radical (unpaired) electrons. The summed E-state index contributed by atoms with van der Waals surface area (Å²) in [5.41, 5.74) is 0.555. The second-order valence-corrected chi connectivity index (χ2v) is 3.53. The summed E-state index contributed by atoms with van der Waals surface area (Å²) in [6.07, 6.45) is 0. The second kappa shape index (κ2) is 5.19. The molecule has 0 aromatic heterocycles. The van der Waals surface area contributed by atoms with Crippen molar-refractivity contribution in [2.45, 2.75) is 0 Å². The maximum Gasteiger partial charge on any atom is 0.165 e. The third-order valence-corrected chi connectivity index (χ3v) is 2.34. The predicted octanol–water partition coefficient (Wildman–Crippen LogP) is 3.50. The Balaban J connectivity index is 2.20. The van der Waals surface area contributed by atoms with Crippen molar-refractivity contribution >= 4 is 0 Å². The molecular formula is C14H10FNO2. The molecule has 0 spiro atoms. The highest BCUT2D eigenvalue weighted by molar-refractivity contribution is 5.40. The van der Waals surface area contributed by atoms with Crippen LogP contribution in [0.3, 0.4) is 0 Å². The van der Waals surface area contributed by atoms with Gasteiger partial charge in [0.2, 0.25) is 0 Å². The normalized spacial score (nSPS) is 9.61. The maximum atomic E-state index is 13.2. The number of hydrogen-bond donors (Lipinski definition) is 0. The maximum absolute atomic E-state index is 13.2. The van der Waals surface area contributed by atoms with Gasteiger partial charge >= 0.3 is 0 Å². The first-order valence-electron chi connectivity index (χ1n) is 5.24. The Morgan fingerprint density at radius 3 is 2.33 bits per heavy atom. The zero-order valence-electron chi connectivity index (χ0n) is 9.68. The van der Waals surface area contributed by atoms with Gasteiger partial charge < -0.3 is 9.47 Å². The Morgan fingerprint density at radius 1 is 1.06 bits per heavy atom. The van der Waals surface area contributed by atoms with Crippen molar-refractivity contribution < 1.29 is 13.9 Å². The molecule has 0 aliphatic carbocycles. The Kier molecular flexibility index (Phi) is 3.44. The molecule has 90 valence electrons. The zero-order chi connectivity index (χ0) is 13.0. The molecule has 4 heteroatoms. The van der Waals surface area contributed by atoms with Crippen molar-refractivity contribution in [3.63, 3.8) is 0 Å². The van der Waals surface area contributed by atoms with Gasteiger partial charge in [-0.05, 0) is 36.4 Å². The lowest BCUT2D eigenvalue weighted by atomic mass is 10.2. The molecule has 0 amide bonds. The fraction of sp³-hybridized carbons (Fsp3) is 0.0714. The topological polar surface area (TPSA) is 42.2 Å². The number of nitrogens with zero attached hydrogens (tertiary/aromatic N) is 1. The predicted molar refractivity (Wildman–Crippen MR) is 64.2 cm³/mol. The molecule has 2 aromatic rings. The molecule has 0 fully saturated rings. The van der Waals surface area contributed by atoms with Crippen molar-refractivity contribution in [2.24, 2.45) is 0 Å². The van der Waals surface area contributed by atoms with E-state index < -0.39 is 5.82 Å². The molecule has 0 atom stereocenters. The summed E-state index contributed by atoms with van der Waals surface area (Å²) >= 11 is 0. The van der Waals surface area contributed by atoms with E-state index in [1.807, 2.05) is 6.07 Å². The number of hydrogen-bond acceptors (Lipinski definition) is 3. The molecule has 2 rings (SSSR count). The van der Waals surface area contributed by atoms with Gasteiger partial charge in [0.15, 0.2) is 11.6 Å². The Morgan fingerprint density at radius 2 is 1.72 bits per heavy atom. The number of rotatable bonds is 3. The summed E-state index contributed by atoms with van der Waals surface area (Å²) in [6, 6.07) is 12.9. The van der Waals surface area contributed by atoms with Crippen LogP contribution in [-0.4, -0.2) is 7.11 Å². The summed E-state index contributed by atoms with van der Waals surface area (Å²) < 4.78 is 23.6. The molecule has 3 nitrogen and oxygen atoms in total. The zero-order valence-corrected chi connectivity index (χ0v) is 9.68. The standard InChI is InChI=1S/C14H10FNO2/c1-17-14-8-12(6-7-13(14)15)18-11-4-2-10(9-16)3-5-11/h2-8H,1H3. The van der Waals surface area contributed by atoms with E-state index in [-0.39, 0.29) is 5.75 Å². The Labute approximate surface area is 104 Å². The fourth-order valence-corrected chi connectivity index (χ4v) is 1.44. The van der Waals surface area contributed by atoms with Crippen LogP contribution in [0.4, 0.5) is 4.39 Å². The van der Waals surface area contributed by atoms with Gasteiger partial charge in [0.1, 0.15) is 11.5 Å². The number of benzene rings is 2. The lowest BCUT2D eigenvalue weighted by Gasteiger charge is -2.07. The first kappa shape index (κ1) is 11.9. The first-order chi connectivity index (χ1) is 8.72. The van der Waals surface area contributed by atoms with Crippen LogP contribution in [0.5, 0.6) is 17.2 Å². The smallest absolute Gasteiger partial charge is 0.165 e. The Bertz CT molecular complexity index is 588. The lowest BCUT2D eigenvalue weighted by Crippen LogP contribution is -1.90. The van der Waals surface area contributed by atoms with Crippen molar-refractivity contribution in [3.05, 3.63) is 53.8 Å². The van der Waals surface area contributed by atoms with E-state index in [2.05, 4.69) is 0 Å². The van der Waals surface area contributed by atoms with Gasteiger partial charge in [0.25, 0.3) is 0 Å². The minimum absolute atomic E-state index is 0.126. The molecule has 0 aliphatic rings. The largest absolute Gasteiger partial charge is 0.494 e. The van der Waals surface area contributed by atoms with Crippen LogP contribution in [0.15, 0.2) is 42.5 Å². The van der Waals surface area contributed by atoms with Crippen LogP contribution in [0.1, 0.15) is 5.56 Å². The summed E-state index contributed by atoms with van der Waals surface area (Å²) in [7, 11) is 1.39.